The Kier molecular flexibility index (Phi) is 10.2. The van der Waals surface area contributed by atoms with Crippen molar-refractivity contribution >= 4 is 40.5 Å². The van der Waals surface area contributed by atoms with E-state index in [-0.39, 0.29) is 35.6 Å². The third-order valence-electron chi connectivity index (χ3n) is 8.33. The van der Waals surface area contributed by atoms with E-state index in [1.165, 1.54) is 0 Å². The summed E-state index contributed by atoms with van der Waals surface area (Å²) in [4.78, 5) is 50.6. The van der Waals surface area contributed by atoms with Gasteiger partial charge in [-0.3, -0.25) is 14.7 Å². The lowest BCUT2D eigenvalue weighted by Gasteiger charge is -2.29. The molecule has 1 fully saturated rings. The molecule has 1 saturated carbocycles. The highest BCUT2D eigenvalue weighted by Gasteiger charge is 2.30. The quantitative estimate of drug-likeness (QED) is 0.144. The lowest BCUT2D eigenvalue weighted by atomic mass is 9.81. The van der Waals surface area contributed by atoms with Gasteiger partial charge in [0.1, 0.15) is 11.6 Å². The first-order valence-corrected chi connectivity index (χ1v) is 15.9. The van der Waals surface area contributed by atoms with Crippen LogP contribution in [0.15, 0.2) is 72.9 Å². The second kappa shape index (κ2) is 14.5. The molecule has 4 aromatic rings. The molecule has 11 nitrogen and oxygen atoms in total. The van der Waals surface area contributed by atoms with Gasteiger partial charge in [0.15, 0.2) is 0 Å². The minimum Gasteiger partial charge on any atom is -0.478 e. The molecule has 3 aromatic carbocycles. The topological polar surface area (TPSA) is 163 Å². The van der Waals surface area contributed by atoms with Gasteiger partial charge in [0.05, 0.1) is 17.3 Å². The first-order valence-electron chi connectivity index (χ1n) is 15.9. The molecule has 11 heteroatoms. The first kappa shape index (κ1) is 33.2. The molecular formula is C36H41N5O6. The average molecular weight is 640 g/mol. The number of nitrogens with one attached hydrogen (secondary N) is 4. The summed E-state index contributed by atoms with van der Waals surface area (Å²) in [5.41, 5.74) is 3.54. The number of carboxylic acid groups (broad SMARTS) is 1. The van der Waals surface area contributed by atoms with Gasteiger partial charge >= 0.3 is 12.1 Å². The van der Waals surface area contributed by atoms with E-state index in [9.17, 15) is 24.3 Å². The fourth-order valence-electron chi connectivity index (χ4n) is 5.83. The van der Waals surface area contributed by atoms with Crippen LogP contribution < -0.4 is 16.0 Å². The van der Waals surface area contributed by atoms with E-state index in [1.807, 2.05) is 51.1 Å². The number of benzene rings is 3. The monoisotopic (exact) mass is 639 g/mol. The minimum atomic E-state index is -0.993. The Hall–Kier alpha value is -5.19. The number of aromatic nitrogens is 2. The summed E-state index contributed by atoms with van der Waals surface area (Å²) in [6.45, 7) is 5.95. The molecule has 1 unspecified atom stereocenters. The van der Waals surface area contributed by atoms with Crippen LogP contribution in [0.25, 0.3) is 22.0 Å². The summed E-state index contributed by atoms with van der Waals surface area (Å²) >= 11 is 0. The highest BCUT2D eigenvalue weighted by molar-refractivity contribution is 5.99. The smallest absolute Gasteiger partial charge is 0.407 e. The van der Waals surface area contributed by atoms with Gasteiger partial charge in [-0.25, -0.2) is 9.59 Å². The number of aromatic carboxylic acids is 1. The van der Waals surface area contributed by atoms with Crippen molar-refractivity contribution in [2.45, 2.75) is 64.5 Å². The van der Waals surface area contributed by atoms with E-state index in [0.29, 0.717) is 25.1 Å². The molecule has 1 atom stereocenters. The van der Waals surface area contributed by atoms with Crippen molar-refractivity contribution in [3.8, 4) is 11.1 Å². The number of carboxylic acids is 1. The zero-order chi connectivity index (χ0) is 33.6. The molecule has 1 aliphatic rings. The van der Waals surface area contributed by atoms with Gasteiger partial charge in [0, 0.05) is 30.0 Å². The van der Waals surface area contributed by atoms with Crippen molar-refractivity contribution in [1.82, 2.24) is 20.8 Å². The zero-order valence-corrected chi connectivity index (χ0v) is 26.8. The number of anilines is 1. The van der Waals surface area contributed by atoms with Crippen LogP contribution in [0.3, 0.4) is 0 Å². The summed E-state index contributed by atoms with van der Waals surface area (Å²) < 4.78 is 5.33. The van der Waals surface area contributed by atoms with Crippen molar-refractivity contribution < 1.29 is 29.0 Å². The summed E-state index contributed by atoms with van der Waals surface area (Å²) in [5, 5.41) is 25.9. The van der Waals surface area contributed by atoms with Crippen LogP contribution in [0.2, 0.25) is 0 Å². The molecule has 3 amide bonds. The number of carbonyl (C=O) groups is 4. The summed E-state index contributed by atoms with van der Waals surface area (Å²) in [5.74, 6) is -1.51. The number of rotatable bonds is 10. The number of aromatic amines is 1. The maximum Gasteiger partial charge on any atom is 0.407 e. The number of ether oxygens (including phenoxy) is 1. The maximum absolute atomic E-state index is 13.7. The molecule has 0 saturated heterocycles. The molecule has 47 heavy (non-hydrogen) atoms. The van der Waals surface area contributed by atoms with Crippen LogP contribution in [-0.4, -0.2) is 57.4 Å². The zero-order valence-electron chi connectivity index (χ0n) is 26.8. The maximum atomic E-state index is 13.7. The summed E-state index contributed by atoms with van der Waals surface area (Å²) in [7, 11) is 0. The van der Waals surface area contributed by atoms with E-state index in [4.69, 9.17) is 4.74 Å². The van der Waals surface area contributed by atoms with Gasteiger partial charge in [0.25, 0.3) is 0 Å². The highest BCUT2D eigenvalue weighted by Crippen LogP contribution is 2.29. The number of H-pyrrole nitrogens is 1. The number of hydrogen-bond donors (Lipinski definition) is 5. The molecule has 1 aliphatic carbocycles. The molecule has 0 spiro atoms. The van der Waals surface area contributed by atoms with E-state index in [0.717, 1.165) is 40.4 Å². The van der Waals surface area contributed by atoms with Gasteiger partial charge in [-0.15, -0.1) is 0 Å². The summed E-state index contributed by atoms with van der Waals surface area (Å²) in [6.07, 6.45) is 4.36. The number of alkyl carbamates (subject to hydrolysis) is 1. The molecule has 1 heterocycles. The fourth-order valence-corrected chi connectivity index (χ4v) is 5.83. The third kappa shape index (κ3) is 9.18. The average Bonchev–Trinajstić information content (AvgIpc) is 3.51. The second-order valence-electron chi connectivity index (χ2n) is 13.1. The standard InChI is InChI=1S/C36H41N5O6/c1-36(2,3)47-35(46)37-20-22-7-9-25(10-8-22)32(42)40-31(33(43)39-29-16-15-28-21-38-41-30(28)19-29)18-23-5-4-6-27(17-23)24-11-13-26(14-12-24)34(44)45/h4-6,11-17,19,21-22,25,31H,7-10,18,20H2,1-3H3,(H,37,46)(H,38,41)(H,39,43)(H,40,42)(H,44,45). The van der Waals surface area contributed by atoms with Gasteiger partial charge in [0.2, 0.25) is 11.8 Å². The lowest BCUT2D eigenvalue weighted by molar-refractivity contribution is -0.130. The SMILES string of the molecule is CC(C)(C)OC(=O)NCC1CCC(C(=O)NC(Cc2cccc(-c3ccc(C(=O)O)cc3)c2)C(=O)Nc2ccc3cn[nH]c3c2)CC1. The highest BCUT2D eigenvalue weighted by atomic mass is 16.6. The van der Waals surface area contributed by atoms with Crippen molar-refractivity contribution in [3.05, 3.63) is 84.1 Å². The van der Waals surface area contributed by atoms with Crippen molar-refractivity contribution in [2.24, 2.45) is 11.8 Å². The van der Waals surface area contributed by atoms with Gasteiger partial charge in [-0.05, 0) is 99.4 Å². The molecular weight excluding hydrogens is 598 g/mol. The normalized spacial score (nSPS) is 17.0. The number of nitrogens with zero attached hydrogens (tertiary/aromatic N) is 1. The van der Waals surface area contributed by atoms with Crippen molar-refractivity contribution in [1.29, 1.82) is 0 Å². The van der Waals surface area contributed by atoms with Gasteiger partial charge in [-0.2, -0.15) is 5.10 Å². The molecule has 5 N–H and O–H groups in total. The molecule has 0 aliphatic heterocycles. The Morgan fingerprint density at radius 2 is 1.70 bits per heavy atom. The number of carbonyl (C=O) groups excluding carboxylic acids is 3. The number of amides is 3. The van der Waals surface area contributed by atoms with Crippen LogP contribution in [0, 0.1) is 11.8 Å². The second-order valence-corrected chi connectivity index (χ2v) is 13.1. The van der Waals surface area contributed by atoms with Crippen LogP contribution in [0.4, 0.5) is 10.5 Å². The fraction of sp³-hybridized carbons (Fsp3) is 0.361. The van der Waals surface area contributed by atoms with Crippen LogP contribution >= 0.6 is 0 Å². The van der Waals surface area contributed by atoms with Crippen LogP contribution in [0.5, 0.6) is 0 Å². The largest absolute Gasteiger partial charge is 0.478 e. The van der Waals surface area contributed by atoms with Gasteiger partial charge < -0.3 is 25.8 Å². The van der Waals surface area contributed by atoms with E-state index >= 15 is 0 Å². The number of hydrogen-bond acceptors (Lipinski definition) is 6. The Balaban J connectivity index is 1.26. The predicted molar refractivity (Wildman–Crippen MR) is 179 cm³/mol. The van der Waals surface area contributed by atoms with E-state index in [2.05, 4.69) is 26.1 Å². The summed E-state index contributed by atoms with van der Waals surface area (Å²) in [6, 6.07) is 18.9. The molecule has 246 valence electrons. The first-order chi connectivity index (χ1) is 22.4. The Morgan fingerprint density at radius 1 is 0.957 bits per heavy atom. The van der Waals surface area contributed by atoms with E-state index in [1.54, 1.807) is 42.6 Å². The molecule has 1 aromatic heterocycles. The predicted octanol–water partition coefficient (Wildman–Crippen LogP) is 5.93. The van der Waals surface area contributed by atoms with E-state index < -0.39 is 23.7 Å². The van der Waals surface area contributed by atoms with Gasteiger partial charge in [-0.1, -0.05) is 36.4 Å². The minimum absolute atomic E-state index is 0.173. The molecule has 0 radical (unpaired) electrons. The Labute approximate surface area is 273 Å². The lowest BCUT2D eigenvalue weighted by Crippen LogP contribution is -2.48. The Morgan fingerprint density at radius 3 is 2.40 bits per heavy atom. The van der Waals surface area contributed by atoms with Crippen LogP contribution in [-0.2, 0) is 20.7 Å². The van der Waals surface area contributed by atoms with Crippen molar-refractivity contribution in [3.63, 3.8) is 0 Å². The third-order valence-corrected chi connectivity index (χ3v) is 8.33. The van der Waals surface area contributed by atoms with Crippen LogP contribution in [0.1, 0.15) is 62.4 Å². The van der Waals surface area contributed by atoms with Crippen molar-refractivity contribution in [2.75, 3.05) is 11.9 Å². The Bertz CT molecular complexity index is 1730. The number of fused-ring (bicyclic) bond motifs is 1. The molecule has 5 rings (SSSR count). The molecule has 0 bridgehead atoms.